The zero-order chi connectivity index (χ0) is 23.9. The van der Waals surface area contributed by atoms with Crippen LogP contribution in [-0.2, 0) is 10.3 Å². The van der Waals surface area contributed by atoms with Gasteiger partial charge in [0.05, 0.1) is 19.8 Å². The second kappa shape index (κ2) is 8.51. The summed E-state index contributed by atoms with van der Waals surface area (Å²) >= 11 is 0. The molecule has 1 unspecified atom stereocenters. The van der Waals surface area contributed by atoms with Crippen molar-refractivity contribution in [3.8, 4) is 11.5 Å². The number of urea groups is 1. The van der Waals surface area contributed by atoms with E-state index in [4.69, 9.17) is 9.47 Å². The molecule has 2 fully saturated rings. The van der Waals surface area contributed by atoms with Crippen molar-refractivity contribution in [3.63, 3.8) is 0 Å². The van der Waals surface area contributed by atoms with Crippen LogP contribution in [0.5, 0.6) is 11.5 Å². The van der Waals surface area contributed by atoms with E-state index in [2.05, 4.69) is 10.3 Å². The Kier molecular flexibility index (Phi) is 5.51. The fraction of sp³-hybridized carbons (Fsp3) is 0.417. The highest BCUT2D eigenvalue weighted by Gasteiger charge is 2.49. The fourth-order valence-electron chi connectivity index (χ4n) is 4.51. The highest BCUT2D eigenvalue weighted by molar-refractivity contribution is 6.11. The number of hydrogen-bond acceptors (Lipinski definition) is 6. The SMILES string of the molecule is CC1(c2ccc3c(c2)OCCCO3)NC(=O)N(CC(=O)c2c[nH]c(C(=O)N3CCCC3)c2)C1=O. The molecule has 2 aromatic rings. The summed E-state index contributed by atoms with van der Waals surface area (Å²) in [5, 5.41) is 2.71. The van der Waals surface area contributed by atoms with E-state index >= 15 is 0 Å². The van der Waals surface area contributed by atoms with Gasteiger partial charge in [0.1, 0.15) is 11.2 Å². The molecule has 4 heterocycles. The molecule has 3 aliphatic rings. The summed E-state index contributed by atoms with van der Waals surface area (Å²) in [6.07, 6.45) is 4.11. The van der Waals surface area contributed by atoms with Gasteiger partial charge in [-0.05, 0) is 43.5 Å². The van der Waals surface area contributed by atoms with E-state index < -0.39 is 29.8 Å². The molecule has 0 bridgehead atoms. The van der Waals surface area contributed by atoms with Crippen molar-refractivity contribution in [1.29, 1.82) is 0 Å². The molecule has 10 nitrogen and oxygen atoms in total. The number of ether oxygens (including phenoxy) is 2. The first kappa shape index (κ1) is 22.0. The number of ketones is 1. The van der Waals surface area contributed by atoms with Gasteiger partial charge in [0.2, 0.25) is 0 Å². The number of amides is 4. The average Bonchev–Trinajstić information content (AvgIpc) is 3.54. The third-order valence-corrected chi connectivity index (χ3v) is 6.53. The Morgan fingerprint density at radius 1 is 1.03 bits per heavy atom. The lowest BCUT2D eigenvalue weighted by Gasteiger charge is -2.23. The van der Waals surface area contributed by atoms with Crippen molar-refractivity contribution in [2.75, 3.05) is 32.8 Å². The molecule has 5 rings (SSSR count). The lowest BCUT2D eigenvalue weighted by molar-refractivity contribution is -0.130. The average molecular weight is 466 g/mol. The molecule has 2 saturated heterocycles. The molecule has 0 aliphatic carbocycles. The van der Waals surface area contributed by atoms with E-state index in [1.807, 2.05) is 0 Å². The number of carbonyl (C=O) groups excluding carboxylic acids is 4. The number of aromatic nitrogens is 1. The molecular formula is C24H26N4O6. The summed E-state index contributed by atoms with van der Waals surface area (Å²) in [4.78, 5) is 56.9. The van der Waals surface area contributed by atoms with Crippen LogP contribution in [0.25, 0.3) is 0 Å². The largest absolute Gasteiger partial charge is 0.490 e. The summed E-state index contributed by atoms with van der Waals surface area (Å²) in [7, 11) is 0. The van der Waals surface area contributed by atoms with Crippen LogP contribution in [0.3, 0.4) is 0 Å². The monoisotopic (exact) mass is 466 g/mol. The van der Waals surface area contributed by atoms with Crippen LogP contribution in [0.1, 0.15) is 52.6 Å². The Hall–Kier alpha value is -3.82. The van der Waals surface area contributed by atoms with Gasteiger partial charge in [-0.2, -0.15) is 0 Å². The smallest absolute Gasteiger partial charge is 0.325 e. The van der Waals surface area contributed by atoms with Gasteiger partial charge in [-0.25, -0.2) is 4.79 Å². The molecule has 1 aromatic heterocycles. The van der Waals surface area contributed by atoms with Gasteiger partial charge < -0.3 is 24.7 Å². The zero-order valence-electron chi connectivity index (χ0n) is 18.9. The summed E-state index contributed by atoms with van der Waals surface area (Å²) < 4.78 is 11.4. The normalized spacial score (nSPS) is 22.0. The number of fused-ring (bicyclic) bond motifs is 1. The van der Waals surface area contributed by atoms with Crippen molar-refractivity contribution >= 4 is 23.6 Å². The topological polar surface area (TPSA) is 121 Å². The Balaban J connectivity index is 1.31. The second-order valence-electron chi connectivity index (χ2n) is 8.88. The van der Waals surface area contributed by atoms with Gasteiger partial charge in [-0.1, -0.05) is 6.07 Å². The second-order valence-corrected chi connectivity index (χ2v) is 8.88. The standard InChI is InChI=1S/C24H26N4O6/c1-24(16-5-6-19-20(12-16)34-10-4-9-33-19)22(31)28(23(32)26-24)14-18(29)15-11-17(25-13-15)21(30)27-7-2-3-8-27/h5-6,11-13,25H,2-4,7-10,14H2,1H3,(H,26,32). The number of hydrogen-bond donors (Lipinski definition) is 2. The molecular weight excluding hydrogens is 440 g/mol. The van der Waals surface area contributed by atoms with Crippen molar-refractivity contribution in [1.82, 2.24) is 20.1 Å². The Labute approximate surface area is 196 Å². The molecule has 1 atom stereocenters. The molecule has 0 radical (unpaired) electrons. The minimum Gasteiger partial charge on any atom is -0.490 e. The first-order valence-electron chi connectivity index (χ1n) is 11.4. The number of rotatable bonds is 5. The number of aromatic amines is 1. The third-order valence-electron chi connectivity index (χ3n) is 6.53. The molecule has 4 amide bonds. The van der Waals surface area contributed by atoms with E-state index in [1.165, 1.54) is 12.3 Å². The van der Waals surface area contributed by atoms with Gasteiger partial charge in [0, 0.05) is 31.3 Å². The maximum Gasteiger partial charge on any atom is 0.325 e. The number of nitrogens with zero attached hydrogens (tertiary/aromatic N) is 2. The predicted octanol–water partition coefficient (Wildman–Crippen LogP) is 2.06. The van der Waals surface area contributed by atoms with Crippen molar-refractivity contribution in [2.45, 2.75) is 31.7 Å². The van der Waals surface area contributed by atoms with E-state index in [0.717, 1.165) is 24.2 Å². The van der Waals surface area contributed by atoms with E-state index in [9.17, 15) is 19.2 Å². The number of carbonyl (C=O) groups is 4. The van der Waals surface area contributed by atoms with Crippen LogP contribution in [0, 0.1) is 0 Å². The highest BCUT2D eigenvalue weighted by Crippen LogP contribution is 2.36. The number of benzene rings is 1. The molecule has 1 aromatic carbocycles. The summed E-state index contributed by atoms with van der Waals surface area (Å²) in [5.74, 6) is -0.0448. The molecule has 0 spiro atoms. The fourth-order valence-corrected chi connectivity index (χ4v) is 4.51. The van der Waals surface area contributed by atoms with Crippen LogP contribution in [0.15, 0.2) is 30.5 Å². The number of likely N-dealkylation sites (tertiary alicyclic amines) is 1. The minimum absolute atomic E-state index is 0.159. The zero-order valence-corrected chi connectivity index (χ0v) is 18.9. The number of nitrogens with one attached hydrogen (secondary N) is 2. The van der Waals surface area contributed by atoms with E-state index in [-0.39, 0.29) is 11.5 Å². The lowest BCUT2D eigenvalue weighted by Crippen LogP contribution is -2.41. The van der Waals surface area contributed by atoms with Gasteiger partial charge in [-0.15, -0.1) is 0 Å². The number of imide groups is 1. The van der Waals surface area contributed by atoms with Crippen LogP contribution in [-0.4, -0.2) is 71.3 Å². The van der Waals surface area contributed by atoms with Crippen LogP contribution >= 0.6 is 0 Å². The van der Waals surface area contributed by atoms with Gasteiger partial charge in [0.25, 0.3) is 11.8 Å². The highest BCUT2D eigenvalue weighted by atomic mass is 16.5. The van der Waals surface area contributed by atoms with Crippen LogP contribution in [0.4, 0.5) is 4.79 Å². The van der Waals surface area contributed by atoms with Crippen molar-refractivity contribution < 1.29 is 28.7 Å². The number of Topliss-reactive ketones (excluding diaryl/α,β-unsaturated/α-hetero) is 1. The molecule has 34 heavy (non-hydrogen) atoms. The van der Waals surface area contributed by atoms with Gasteiger partial charge in [0.15, 0.2) is 17.3 Å². The molecule has 2 N–H and O–H groups in total. The third kappa shape index (κ3) is 3.78. The van der Waals surface area contributed by atoms with Gasteiger partial charge in [-0.3, -0.25) is 19.3 Å². The van der Waals surface area contributed by atoms with Crippen LogP contribution < -0.4 is 14.8 Å². The maximum absolute atomic E-state index is 13.3. The summed E-state index contributed by atoms with van der Waals surface area (Å²) in [5.41, 5.74) is -0.256. The molecule has 178 valence electrons. The lowest BCUT2D eigenvalue weighted by atomic mass is 9.91. The number of H-pyrrole nitrogens is 1. The summed E-state index contributed by atoms with van der Waals surface area (Å²) in [6.45, 7) is 3.59. The Bertz CT molecular complexity index is 1170. The first-order chi connectivity index (χ1) is 16.4. The first-order valence-corrected chi connectivity index (χ1v) is 11.4. The molecule has 10 heteroatoms. The maximum atomic E-state index is 13.3. The van der Waals surface area contributed by atoms with E-state index in [1.54, 1.807) is 30.0 Å². The van der Waals surface area contributed by atoms with Crippen molar-refractivity contribution in [3.05, 3.63) is 47.3 Å². The summed E-state index contributed by atoms with van der Waals surface area (Å²) in [6, 6.07) is 5.93. The predicted molar refractivity (Wildman–Crippen MR) is 120 cm³/mol. The van der Waals surface area contributed by atoms with Crippen LogP contribution in [0.2, 0.25) is 0 Å². The van der Waals surface area contributed by atoms with Gasteiger partial charge >= 0.3 is 6.03 Å². The molecule has 3 aliphatic heterocycles. The quantitative estimate of drug-likeness (QED) is 0.514. The van der Waals surface area contributed by atoms with Crippen molar-refractivity contribution in [2.24, 2.45) is 0 Å². The minimum atomic E-state index is -1.35. The Morgan fingerprint density at radius 2 is 1.76 bits per heavy atom. The Morgan fingerprint density at radius 3 is 2.53 bits per heavy atom. The molecule has 0 saturated carbocycles. The van der Waals surface area contributed by atoms with E-state index in [0.29, 0.717) is 49.1 Å².